The Hall–Kier alpha value is -2.12. The van der Waals surface area contributed by atoms with Gasteiger partial charge in [-0.05, 0) is 31.5 Å². The van der Waals surface area contributed by atoms with Gasteiger partial charge in [0.1, 0.15) is 0 Å². The number of hydrogen-bond acceptors (Lipinski definition) is 4. The minimum atomic E-state index is -0.476. The fraction of sp³-hybridized carbons (Fsp3) is 0.438. The predicted molar refractivity (Wildman–Crippen MR) is 94.1 cm³/mol. The molecule has 0 aliphatic carbocycles. The fourth-order valence-corrected chi connectivity index (χ4v) is 2.54. The molecule has 1 unspecified atom stereocenters. The van der Waals surface area contributed by atoms with Crippen LogP contribution in [0.1, 0.15) is 36.0 Å². The molecule has 24 heavy (non-hydrogen) atoms. The standard InChI is InChI=1S/C16H22N4O3.ClH/c17-14(21)7-9-19-16(23)12-5-1-2-6-13(12)20-15(22)10-11-4-3-8-18-11;/h1-2,5-6,11,18H,3-4,7-10H2,(H2,17,21)(H,19,23)(H,20,22);1H. The van der Waals surface area contributed by atoms with Gasteiger partial charge in [0.05, 0.1) is 11.3 Å². The third-order valence-electron chi connectivity index (χ3n) is 3.70. The summed E-state index contributed by atoms with van der Waals surface area (Å²) in [6, 6.07) is 6.99. The van der Waals surface area contributed by atoms with Crippen LogP contribution in [0.15, 0.2) is 24.3 Å². The van der Waals surface area contributed by atoms with Crippen LogP contribution in [0.5, 0.6) is 0 Å². The molecule has 1 aromatic rings. The van der Waals surface area contributed by atoms with E-state index >= 15 is 0 Å². The molecule has 1 aromatic carbocycles. The Balaban J connectivity index is 0.00000288. The lowest BCUT2D eigenvalue weighted by Gasteiger charge is -2.13. The van der Waals surface area contributed by atoms with Crippen molar-refractivity contribution >= 4 is 35.8 Å². The van der Waals surface area contributed by atoms with Crippen molar-refractivity contribution in [2.24, 2.45) is 5.73 Å². The molecule has 0 bridgehead atoms. The molecular weight excluding hydrogens is 332 g/mol. The Labute approximate surface area is 147 Å². The predicted octanol–water partition coefficient (Wildman–Crippen LogP) is 0.794. The second kappa shape index (κ2) is 9.89. The van der Waals surface area contributed by atoms with Gasteiger partial charge in [0.2, 0.25) is 11.8 Å². The molecule has 1 aliphatic rings. The first-order valence-electron chi connectivity index (χ1n) is 7.75. The molecule has 1 heterocycles. The highest BCUT2D eigenvalue weighted by Gasteiger charge is 2.19. The van der Waals surface area contributed by atoms with Gasteiger partial charge in [0.15, 0.2) is 0 Å². The molecular formula is C16H23ClN4O3. The van der Waals surface area contributed by atoms with Crippen molar-refractivity contribution in [3.8, 4) is 0 Å². The van der Waals surface area contributed by atoms with E-state index in [0.717, 1.165) is 19.4 Å². The monoisotopic (exact) mass is 354 g/mol. The van der Waals surface area contributed by atoms with Gasteiger partial charge in [-0.15, -0.1) is 12.4 Å². The highest BCUT2D eigenvalue weighted by molar-refractivity contribution is 6.03. The van der Waals surface area contributed by atoms with Crippen molar-refractivity contribution in [1.82, 2.24) is 10.6 Å². The van der Waals surface area contributed by atoms with Crippen LogP contribution in [0.3, 0.4) is 0 Å². The number of rotatable bonds is 7. The van der Waals surface area contributed by atoms with Gasteiger partial charge >= 0.3 is 0 Å². The third-order valence-corrected chi connectivity index (χ3v) is 3.70. The highest BCUT2D eigenvalue weighted by Crippen LogP contribution is 2.16. The average Bonchev–Trinajstić information content (AvgIpc) is 3.00. The van der Waals surface area contributed by atoms with E-state index in [9.17, 15) is 14.4 Å². The molecule has 1 saturated heterocycles. The first-order chi connectivity index (χ1) is 11.1. The van der Waals surface area contributed by atoms with Gasteiger partial charge in [-0.1, -0.05) is 12.1 Å². The van der Waals surface area contributed by atoms with E-state index in [1.54, 1.807) is 24.3 Å². The zero-order chi connectivity index (χ0) is 16.7. The largest absolute Gasteiger partial charge is 0.370 e. The van der Waals surface area contributed by atoms with E-state index in [1.165, 1.54) is 0 Å². The quantitative estimate of drug-likeness (QED) is 0.579. The number of anilines is 1. The van der Waals surface area contributed by atoms with Crippen molar-refractivity contribution < 1.29 is 14.4 Å². The summed E-state index contributed by atoms with van der Waals surface area (Å²) in [6.07, 6.45) is 2.53. The Kier molecular flexibility index (Phi) is 8.21. The second-order valence-electron chi connectivity index (χ2n) is 5.56. The van der Waals surface area contributed by atoms with Crippen LogP contribution in [-0.4, -0.2) is 36.9 Å². The average molecular weight is 355 g/mol. The summed E-state index contributed by atoms with van der Waals surface area (Å²) in [7, 11) is 0. The van der Waals surface area contributed by atoms with E-state index in [1.807, 2.05) is 0 Å². The van der Waals surface area contributed by atoms with Gasteiger partial charge < -0.3 is 21.7 Å². The molecule has 1 atom stereocenters. The zero-order valence-electron chi connectivity index (χ0n) is 13.3. The summed E-state index contributed by atoms with van der Waals surface area (Å²) in [5.41, 5.74) is 5.87. The molecule has 0 saturated carbocycles. The molecule has 1 fully saturated rings. The maximum absolute atomic E-state index is 12.1. The summed E-state index contributed by atoms with van der Waals surface area (Å²) < 4.78 is 0. The van der Waals surface area contributed by atoms with E-state index in [4.69, 9.17) is 5.73 Å². The number of hydrogen-bond donors (Lipinski definition) is 4. The molecule has 7 nitrogen and oxygen atoms in total. The second-order valence-corrected chi connectivity index (χ2v) is 5.56. The molecule has 0 radical (unpaired) electrons. The van der Waals surface area contributed by atoms with Gasteiger partial charge in [-0.3, -0.25) is 14.4 Å². The molecule has 0 spiro atoms. The lowest BCUT2D eigenvalue weighted by molar-refractivity contribution is -0.118. The molecule has 8 heteroatoms. The normalized spacial score (nSPS) is 16.1. The van der Waals surface area contributed by atoms with Crippen molar-refractivity contribution in [2.45, 2.75) is 31.7 Å². The Bertz CT molecular complexity index is 588. The lowest BCUT2D eigenvalue weighted by Crippen LogP contribution is -2.30. The van der Waals surface area contributed by atoms with Crippen LogP contribution >= 0.6 is 12.4 Å². The van der Waals surface area contributed by atoms with Crippen molar-refractivity contribution in [3.63, 3.8) is 0 Å². The summed E-state index contributed by atoms with van der Waals surface area (Å²) in [5.74, 6) is -0.945. The van der Waals surface area contributed by atoms with E-state index in [-0.39, 0.29) is 43.2 Å². The topological polar surface area (TPSA) is 113 Å². The number of halogens is 1. The van der Waals surface area contributed by atoms with E-state index in [2.05, 4.69) is 16.0 Å². The Morgan fingerprint density at radius 2 is 2.00 bits per heavy atom. The summed E-state index contributed by atoms with van der Waals surface area (Å²) in [4.78, 5) is 35.0. The SMILES string of the molecule is Cl.NC(=O)CCNC(=O)c1ccccc1NC(=O)CC1CCCN1. The number of para-hydroxylation sites is 1. The number of primary amides is 1. The number of nitrogens with one attached hydrogen (secondary N) is 3. The maximum atomic E-state index is 12.1. The summed E-state index contributed by atoms with van der Waals surface area (Å²) in [6.45, 7) is 1.11. The molecule has 132 valence electrons. The number of nitrogens with two attached hydrogens (primary N) is 1. The Morgan fingerprint density at radius 1 is 1.25 bits per heavy atom. The van der Waals surface area contributed by atoms with E-state index < -0.39 is 5.91 Å². The Morgan fingerprint density at radius 3 is 2.67 bits per heavy atom. The number of carbonyl (C=O) groups is 3. The fourth-order valence-electron chi connectivity index (χ4n) is 2.54. The lowest BCUT2D eigenvalue weighted by atomic mass is 10.1. The van der Waals surface area contributed by atoms with Gasteiger partial charge in [0.25, 0.3) is 5.91 Å². The van der Waals surface area contributed by atoms with Crippen LogP contribution in [0.25, 0.3) is 0 Å². The zero-order valence-corrected chi connectivity index (χ0v) is 14.2. The van der Waals surface area contributed by atoms with Crippen LogP contribution in [-0.2, 0) is 9.59 Å². The minimum absolute atomic E-state index is 0. The van der Waals surface area contributed by atoms with Crippen LogP contribution in [0.2, 0.25) is 0 Å². The van der Waals surface area contributed by atoms with Gasteiger partial charge in [-0.25, -0.2) is 0 Å². The number of carbonyl (C=O) groups excluding carboxylic acids is 3. The van der Waals surface area contributed by atoms with Crippen LogP contribution in [0.4, 0.5) is 5.69 Å². The van der Waals surface area contributed by atoms with Crippen LogP contribution < -0.4 is 21.7 Å². The third kappa shape index (κ3) is 6.17. The van der Waals surface area contributed by atoms with Gasteiger partial charge in [0, 0.05) is 25.4 Å². The first-order valence-corrected chi connectivity index (χ1v) is 7.75. The van der Waals surface area contributed by atoms with Crippen molar-refractivity contribution in [3.05, 3.63) is 29.8 Å². The van der Waals surface area contributed by atoms with Gasteiger partial charge in [-0.2, -0.15) is 0 Å². The maximum Gasteiger partial charge on any atom is 0.253 e. The molecule has 1 aliphatic heterocycles. The summed E-state index contributed by atoms with van der Waals surface area (Å²) in [5, 5.41) is 8.67. The number of amides is 3. The highest BCUT2D eigenvalue weighted by atomic mass is 35.5. The smallest absolute Gasteiger partial charge is 0.253 e. The molecule has 0 aromatic heterocycles. The first kappa shape index (κ1) is 19.9. The van der Waals surface area contributed by atoms with Crippen LogP contribution in [0, 0.1) is 0 Å². The molecule has 2 rings (SSSR count). The molecule has 5 N–H and O–H groups in total. The minimum Gasteiger partial charge on any atom is -0.370 e. The van der Waals surface area contributed by atoms with Crippen molar-refractivity contribution in [1.29, 1.82) is 0 Å². The van der Waals surface area contributed by atoms with Crippen molar-refractivity contribution in [2.75, 3.05) is 18.4 Å². The molecule has 3 amide bonds. The number of benzene rings is 1. The van der Waals surface area contributed by atoms with E-state index in [0.29, 0.717) is 17.7 Å². The summed E-state index contributed by atoms with van der Waals surface area (Å²) >= 11 is 0.